The van der Waals surface area contributed by atoms with Gasteiger partial charge >= 0.3 is 0 Å². The molecular weight excluding hydrogens is 230 g/mol. The van der Waals surface area contributed by atoms with Gasteiger partial charge in [-0.1, -0.05) is 6.92 Å². The van der Waals surface area contributed by atoms with Crippen LogP contribution in [0, 0.1) is 5.92 Å². The predicted molar refractivity (Wildman–Crippen MR) is 68.6 cm³/mol. The molecule has 6 heteroatoms. The van der Waals surface area contributed by atoms with Crippen LogP contribution in [0.15, 0.2) is 17.3 Å². The van der Waals surface area contributed by atoms with Crippen molar-refractivity contribution in [2.45, 2.75) is 19.8 Å². The second-order valence-corrected chi connectivity index (χ2v) is 4.83. The Bertz CT molecular complexity index is 623. The lowest BCUT2D eigenvalue weighted by Gasteiger charge is -2.30. The smallest absolute Gasteiger partial charge is 0.261 e. The van der Waals surface area contributed by atoms with E-state index in [-0.39, 0.29) is 5.56 Å². The third-order valence-electron chi connectivity index (χ3n) is 3.32. The molecule has 6 nitrogen and oxygen atoms in total. The fraction of sp³-hybridized carbons (Fsp3) is 0.500. The molecule has 0 spiro atoms. The maximum absolute atomic E-state index is 11.5. The number of piperidine rings is 1. The largest absolute Gasteiger partial charge is 0.341 e. The van der Waals surface area contributed by atoms with Crippen LogP contribution in [0.4, 0.5) is 5.95 Å². The summed E-state index contributed by atoms with van der Waals surface area (Å²) < 4.78 is 0. The third kappa shape index (κ3) is 1.94. The third-order valence-corrected chi connectivity index (χ3v) is 3.32. The van der Waals surface area contributed by atoms with Crippen molar-refractivity contribution < 1.29 is 0 Å². The average molecular weight is 245 g/mol. The number of nitrogens with zero attached hydrogens (tertiary/aromatic N) is 4. The van der Waals surface area contributed by atoms with E-state index in [1.54, 1.807) is 6.20 Å². The Morgan fingerprint density at radius 1 is 1.44 bits per heavy atom. The van der Waals surface area contributed by atoms with E-state index >= 15 is 0 Å². The summed E-state index contributed by atoms with van der Waals surface area (Å²) in [4.78, 5) is 29.0. The van der Waals surface area contributed by atoms with Crippen LogP contribution in [0.25, 0.3) is 11.0 Å². The van der Waals surface area contributed by atoms with Crippen molar-refractivity contribution in [2.75, 3.05) is 18.0 Å². The van der Waals surface area contributed by atoms with E-state index in [0.717, 1.165) is 19.5 Å². The maximum Gasteiger partial charge on any atom is 0.261 e. The number of aromatic amines is 1. The second kappa shape index (κ2) is 4.36. The van der Waals surface area contributed by atoms with E-state index in [0.29, 0.717) is 22.9 Å². The lowest BCUT2D eigenvalue weighted by atomic mass is 10.0. The van der Waals surface area contributed by atoms with Gasteiger partial charge in [-0.3, -0.25) is 4.79 Å². The first-order valence-corrected chi connectivity index (χ1v) is 6.19. The second-order valence-electron chi connectivity index (χ2n) is 4.83. The van der Waals surface area contributed by atoms with Crippen molar-refractivity contribution >= 4 is 17.0 Å². The van der Waals surface area contributed by atoms with Crippen LogP contribution < -0.4 is 10.5 Å². The topological polar surface area (TPSA) is 74.8 Å². The van der Waals surface area contributed by atoms with Crippen LogP contribution in [-0.4, -0.2) is 33.0 Å². The molecule has 3 rings (SSSR count). The van der Waals surface area contributed by atoms with E-state index in [4.69, 9.17) is 0 Å². The summed E-state index contributed by atoms with van der Waals surface area (Å²) in [5.74, 6) is 1.33. The molecule has 0 amide bonds. The highest BCUT2D eigenvalue weighted by atomic mass is 16.1. The minimum Gasteiger partial charge on any atom is -0.341 e. The number of rotatable bonds is 1. The van der Waals surface area contributed by atoms with Crippen molar-refractivity contribution in [2.24, 2.45) is 5.92 Å². The van der Waals surface area contributed by atoms with E-state index in [1.807, 2.05) is 0 Å². The van der Waals surface area contributed by atoms with Gasteiger partial charge in [0.25, 0.3) is 5.56 Å². The molecule has 1 saturated heterocycles. The Labute approximate surface area is 104 Å². The number of hydrogen-bond acceptors (Lipinski definition) is 5. The zero-order valence-electron chi connectivity index (χ0n) is 10.3. The van der Waals surface area contributed by atoms with Gasteiger partial charge in [0.05, 0.1) is 6.33 Å². The minimum atomic E-state index is -0.196. The van der Waals surface area contributed by atoms with Gasteiger partial charge < -0.3 is 9.88 Å². The van der Waals surface area contributed by atoms with Crippen LogP contribution in [-0.2, 0) is 0 Å². The fourth-order valence-electron chi connectivity index (χ4n) is 2.38. The van der Waals surface area contributed by atoms with Gasteiger partial charge in [-0.15, -0.1) is 0 Å². The van der Waals surface area contributed by atoms with Gasteiger partial charge in [0.2, 0.25) is 5.95 Å². The molecule has 1 atom stereocenters. The first-order chi connectivity index (χ1) is 8.74. The van der Waals surface area contributed by atoms with Gasteiger partial charge in [-0.25, -0.2) is 9.97 Å². The van der Waals surface area contributed by atoms with Crippen LogP contribution in [0.5, 0.6) is 0 Å². The molecular formula is C12H15N5O. The molecule has 1 aliphatic rings. The molecule has 0 bridgehead atoms. The number of nitrogens with one attached hydrogen (secondary N) is 1. The lowest BCUT2D eigenvalue weighted by molar-refractivity contribution is 0.442. The van der Waals surface area contributed by atoms with Crippen LogP contribution in [0.2, 0.25) is 0 Å². The van der Waals surface area contributed by atoms with Crippen LogP contribution in [0.1, 0.15) is 19.8 Å². The average Bonchev–Trinajstić information content (AvgIpc) is 2.39. The lowest BCUT2D eigenvalue weighted by Crippen LogP contribution is -2.35. The first-order valence-electron chi connectivity index (χ1n) is 6.19. The van der Waals surface area contributed by atoms with Crippen molar-refractivity contribution in [1.29, 1.82) is 0 Å². The fourth-order valence-corrected chi connectivity index (χ4v) is 2.38. The Morgan fingerprint density at radius 2 is 2.33 bits per heavy atom. The maximum atomic E-state index is 11.5. The highest BCUT2D eigenvalue weighted by Crippen LogP contribution is 2.20. The van der Waals surface area contributed by atoms with Gasteiger partial charge in [0.1, 0.15) is 5.39 Å². The molecule has 2 aromatic heterocycles. The van der Waals surface area contributed by atoms with E-state index < -0.39 is 0 Å². The number of anilines is 1. The monoisotopic (exact) mass is 245 g/mol. The van der Waals surface area contributed by atoms with E-state index in [1.165, 1.54) is 12.7 Å². The Hall–Kier alpha value is -1.98. The summed E-state index contributed by atoms with van der Waals surface area (Å²) in [6.07, 6.45) is 5.34. The molecule has 18 heavy (non-hydrogen) atoms. The summed E-state index contributed by atoms with van der Waals surface area (Å²) in [5.41, 5.74) is 0.264. The summed E-state index contributed by atoms with van der Waals surface area (Å²) in [6.45, 7) is 4.17. The van der Waals surface area contributed by atoms with Gasteiger partial charge in [0, 0.05) is 19.3 Å². The molecule has 1 fully saturated rings. The van der Waals surface area contributed by atoms with Gasteiger partial charge in [-0.2, -0.15) is 4.98 Å². The molecule has 0 aromatic carbocycles. The highest BCUT2D eigenvalue weighted by Gasteiger charge is 2.19. The summed E-state index contributed by atoms with van der Waals surface area (Å²) in [5, 5.41) is 0.436. The Kier molecular flexibility index (Phi) is 2.70. The van der Waals surface area contributed by atoms with E-state index in [2.05, 4.69) is 31.8 Å². The summed E-state index contributed by atoms with van der Waals surface area (Å²) >= 11 is 0. The SMILES string of the molecule is CC1CCCN(c2ncc3c(=O)[nH]cnc3n2)C1. The van der Waals surface area contributed by atoms with Crippen LogP contribution in [0.3, 0.4) is 0 Å². The van der Waals surface area contributed by atoms with Gasteiger partial charge in [0.15, 0.2) is 5.65 Å². The number of fused-ring (bicyclic) bond motifs is 1. The number of aromatic nitrogens is 4. The zero-order chi connectivity index (χ0) is 12.5. The molecule has 1 aliphatic heterocycles. The molecule has 0 saturated carbocycles. The molecule has 94 valence electrons. The standard InChI is InChI=1S/C12H15N5O/c1-8-3-2-4-17(6-8)12-13-5-9-10(16-12)14-7-15-11(9)18/h5,7-8H,2-4,6H2,1H3,(H,13,14,15,16,18). The predicted octanol–water partition coefficient (Wildman–Crippen LogP) is 0.949. The number of H-pyrrole nitrogens is 1. The first kappa shape index (κ1) is 11.1. The van der Waals surface area contributed by atoms with Crippen LogP contribution >= 0.6 is 0 Å². The minimum absolute atomic E-state index is 0.196. The molecule has 3 heterocycles. The Morgan fingerprint density at radius 3 is 3.17 bits per heavy atom. The Balaban J connectivity index is 2.00. The quantitative estimate of drug-likeness (QED) is 0.809. The molecule has 0 aliphatic carbocycles. The summed E-state index contributed by atoms with van der Waals surface area (Å²) in [6, 6.07) is 0. The molecule has 2 aromatic rings. The van der Waals surface area contributed by atoms with Crippen molar-refractivity contribution in [3.05, 3.63) is 22.9 Å². The molecule has 0 radical (unpaired) electrons. The number of hydrogen-bond donors (Lipinski definition) is 1. The van der Waals surface area contributed by atoms with Crippen molar-refractivity contribution in [3.63, 3.8) is 0 Å². The normalized spacial score (nSPS) is 20.3. The molecule has 1 unspecified atom stereocenters. The van der Waals surface area contributed by atoms with Gasteiger partial charge in [-0.05, 0) is 18.8 Å². The van der Waals surface area contributed by atoms with E-state index in [9.17, 15) is 4.79 Å². The summed E-state index contributed by atoms with van der Waals surface area (Å²) in [7, 11) is 0. The molecule has 1 N–H and O–H groups in total. The van der Waals surface area contributed by atoms with Crippen molar-refractivity contribution in [1.82, 2.24) is 19.9 Å². The highest BCUT2D eigenvalue weighted by molar-refractivity contribution is 5.73. The van der Waals surface area contributed by atoms with Crippen molar-refractivity contribution in [3.8, 4) is 0 Å². The zero-order valence-corrected chi connectivity index (χ0v) is 10.3.